The molecular weight excluding hydrogens is 506 g/mol. The van der Waals surface area contributed by atoms with Crippen LogP contribution in [-0.4, -0.2) is 54.9 Å². The fourth-order valence-corrected chi connectivity index (χ4v) is 3.84. The molecule has 1 fully saturated rings. The lowest BCUT2D eigenvalue weighted by atomic mass is 9.84. The maximum Gasteiger partial charge on any atom is 0.419 e. The molecule has 39 heavy (non-hydrogen) atoms. The molecule has 8 heteroatoms. The van der Waals surface area contributed by atoms with Gasteiger partial charge in [-0.1, -0.05) is 61.5 Å². The highest BCUT2D eigenvalue weighted by Gasteiger charge is 2.39. The number of allylic oxidation sites excluding steroid dienone is 1. The van der Waals surface area contributed by atoms with Gasteiger partial charge < -0.3 is 15.5 Å². The van der Waals surface area contributed by atoms with Crippen LogP contribution in [0.5, 0.6) is 0 Å². The molecule has 230 valence electrons. The highest BCUT2D eigenvalue weighted by Crippen LogP contribution is 2.32. The van der Waals surface area contributed by atoms with E-state index in [-0.39, 0.29) is 11.3 Å². The van der Waals surface area contributed by atoms with Crippen LogP contribution in [-0.2, 0) is 17.4 Å². The van der Waals surface area contributed by atoms with Crippen molar-refractivity contribution >= 4 is 5.78 Å². The molecule has 4 nitrogen and oxygen atoms in total. The molecule has 1 aromatic carbocycles. The number of nitrogens with zero attached hydrogens (tertiary/aromatic N) is 2. The first-order valence-corrected chi connectivity index (χ1v) is 14.2. The molecule has 0 aromatic heterocycles. The largest absolute Gasteiger partial charge is 0.419 e. The van der Waals surface area contributed by atoms with Gasteiger partial charge in [0.25, 0.3) is 0 Å². The van der Waals surface area contributed by atoms with Crippen molar-refractivity contribution in [3.8, 4) is 0 Å². The van der Waals surface area contributed by atoms with Crippen LogP contribution in [0.15, 0.2) is 30.0 Å². The van der Waals surface area contributed by atoms with Gasteiger partial charge in [0.1, 0.15) is 5.82 Å². The van der Waals surface area contributed by atoms with Crippen LogP contribution >= 0.6 is 0 Å². The summed E-state index contributed by atoms with van der Waals surface area (Å²) in [6, 6.07) is 3.04. The smallest absolute Gasteiger partial charge is 0.383 e. The number of nitrogens with two attached hydrogens (primary N) is 1. The predicted molar refractivity (Wildman–Crippen MR) is 159 cm³/mol. The Bertz CT molecular complexity index is 819. The Balaban J connectivity index is -0.000000475. The van der Waals surface area contributed by atoms with Crippen LogP contribution in [0.25, 0.3) is 0 Å². The van der Waals surface area contributed by atoms with Crippen molar-refractivity contribution < 1.29 is 22.4 Å². The fourth-order valence-electron chi connectivity index (χ4n) is 3.84. The number of hydrogen-bond acceptors (Lipinski definition) is 4. The zero-order valence-corrected chi connectivity index (χ0v) is 26.9. The van der Waals surface area contributed by atoms with Gasteiger partial charge in [0.2, 0.25) is 0 Å². The number of rotatable bonds is 6. The normalized spacial score (nSPS) is 18.8. The number of likely N-dealkylation sites (tertiary alicyclic amines) is 1. The summed E-state index contributed by atoms with van der Waals surface area (Å²) in [4.78, 5) is 14.9. The number of alkyl halides is 3. The summed E-state index contributed by atoms with van der Waals surface area (Å²) in [7, 11) is 3.79. The van der Waals surface area contributed by atoms with E-state index < -0.39 is 17.6 Å². The molecular formula is C31H57F4N3O. The summed E-state index contributed by atoms with van der Waals surface area (Å²) < 4.78 is 49.1. The van der Waals surface area contributed by atoms with Gasteiger partial charge in [-0.05, 0) is 69.7 Å². The molecule has 1 aromatic rings. The second-order valence-electron chi connectivity index (χ2n) is 10.2. The number of Topliss-reactive ketones (excluding diaryl/α,β-unsaturated/α-hetero) is 1. The van der Waals surface area contributed by atoms with Crippen molar-refractivity contribution in [2.45, 2.75) is 101 Å². The molecule has 0 spiro atoms. The van der Waals surface area contributed by atoms with Crippen LogP contribution in [0.3, 0.4) is 0 Å². The van der Waals surface area contributed by atoms with Crippen molar-refractivity contribution in [3.05, 3.63) is 46.9 Å². The van der Waals surface area contributed by atoms with Crippen molar-refractivity contribution in [2.75, 3.05) is 33.7 Å². The third kappa shape index (κ3) is 18.1. The van der Waals surface area contributed by atoms with Gasteiger partial charge in [-0.15, -0.1) is 0 Å². The Labute approximate surface area is 237 Å². The monoisotopic (exact) mass is 563 g/mol. The van der Waals surface area contributed by atoms with Crippen molar-refractivity contribution in [1.29, 1.82) is 0 Å². The Kier molecular flexibility index (Phi) is 22.3. The second-order valence-corrected chi connectivity index (χ2v) is 10.2. The summed E-state index contributed by atoms with van der Waals surface area (Å²) in [5.41, 5.74) is 6.42. The Morgan fingerprint density at radius 2 is 1.67 bits per heavy atom. The fraction of sp³-hybridized carbons (Fsp3) is 0.710. The summed E-state index contributed by atoms with van der Waals surface area (Å²) >= 11 is 0. The van der Waals surface area contributed by atoms with E-state index in [0.717, 1.165) is 36.7 Å². The third-order valence-electron chi connectivity index (χ3n) is 5.93. The van der Waals surface area contributed by atoms with Gasteiger partial charge in [-0.3, -0.25) is 4.79 Å². The zero-order valence-electron chi connectivity index (χ0n) is 26.9. The first-order valence-electron chi connectivity index (χ1n) is 14.2. The first kappa shape index (κ1) is 41.5. The number of carbonyl (C=O) groups is 1. The molecule has 0 amide bonds. The first-order chi connectivity index (χ1) is 17.9. The summed E-state index contributed by atoms with van der Waals surface area (Å²) in [5.74, 6) is 0.366. The molecule has 1 heterocycles. The van der Waals surface area contributed by atoms with Gasteiger partial charge >= 0.3 is 6.18 Å². The molecule has 1 aliphatic heterocycles. The number of likely N-dealkylation sites (N-methyl/N-ethyl adjacent to an activating group) is 1. The molecule has 0 radical (unpaired) electrons. The van der Waals surface area contributed by atoms with Crippen LogP contribution < -0.4 is 5.73 Å². The maximum atomic E-state index is 12.7. The molecule has 0 unspecified atom stereocenters. The van der Waals surface area contributed by atoms with E-state index in [9.17, 15) is 22.4 Å². The lowest BCUT2D eigenvalue weighted by Gasteiger charge is -2.26. The summed E-state index contributed by atoms with van der Waals surface area (Å²) in [6.07, 6.45) is -1.07. The van der Waals surface area contributed by atoms with Crippen LogP contribution in [0.4, 0.5) is 17.6 Å². The Hall–Kier alpha value is -1.93. The lowest BCUT2D eigenvalue weighted by Crippen LogP contribution is -2.44. The minimum absolute atomic E-state index is 0.0419. The number of benzene rings is 1. The van der Waals surface area contributed by atoms with E-state index in [1.807, 2.05) is 59.8 Å². The maximum absolute atomic E-state index is 12.7. The minimum atomic E-state index is -4.60. The highest BCUT2D eigenvalue weighted by atomic mass is 19.4. The van der Waals surface area contributed by atoms with Crippen molar-refractivity contribution in [1.82, 2.24) is 9.80 Å². The predicted octanol–water partition coefficient (Wildman–Crippen LogP) is 8.20. The standard InChI is InChI=1S/C11H24N2.C9H8F4.C7H13NO.2C2H6/c1-5-13-7-10(6-9(2)3)11(4,12)8-13;1-2-6-3-4-8(10)7(5-6)9(11,12)13;1-6(7(2)9)5-8(3)4;2*1-2/h9-10H,5-8,12H2,1-4H3;3-5H,2H2,1H3;5H,1-4H3;2*1-2H3/b;;6-5+;;/t10-,11-;;;;/m0..../s1. The SMILES string of the molecule is CC.CC.CC(=O)/C(C)=C/N(C)C.CCN1C[C@H](CC(C)C)[C@@](C)(N)C1.CCc1ccc(F)c(C(F)(F)F)c1. The number of halogens is 4. The molecule has 1 aliphatic rings. The van der Waals surface area contributed by atoms with E-state index in [2.05, 4.69) is 32.6 Å². The molecule has 2 rings (SSSR count). The Morgan fingerprint density at radius 1 is 1.15 bits per heavy atom. The zero-order chi connectivity index (χ0) is 31.6. The number of hydrogen-bond donors (Lipinski definition) is 1. The van der Waals surface area contributed by atoms with E-state index in [4.69, 9.17) is 5.73 Å². The van der Waals surface area contributed by atoms with Crippen LogP contribution in [0, 0.1) is 17.7 Å². The Morgan fingerprint density at radius 3 is 1.97 bits per heavy atom. The lowest BCUT2D eigenvalue weighted by molar-refractivity contribution is -0.140. The van der Waals surface area contributed by atoms with E-state index in [0.29, 0.717) is 17.9 Å². The number of aryl methyl sites for hydroxylation is 1. The van der Waals surface area contributed by atoms with Gasteiger partial charge in [0, 0.05) is 44.5 Å². The van der Waals surface area contributed by atoms with Crippen molar-refractivity contribution in [3.63, 3.8) is 0 Å². The number of ketones is 1. The van der Waals surface area contributed by atoms with E-state index in [1.54, 1.807) is 13.8 Å². The molecule has 0 saturated carbocycles. The molecule has 2 atom stereocenters. The number of carbonyl (C=O) groups excluding carboxylic acids is 1. The van der Waals surface area contributed by atoms with Crippen molar-refractivity contribution in [2.24, 2.45) is 17.6 Å². The van der Waals surface area contributed by atoms with Crippen LogP contribution in [0.2, 0.25) is 0 Å². The summed E-state index contributed by atoms with van der Waals surface area (Å²) in [5, 5.41) is 0. The average molecular weight is 564 g/mol. The van der Waals surface area contributed by atoms with Gasteiger partial charge in [0.05, 0.1) is 5.56 Å². The van der Waals surface area contributed by atoms with E-state index >= 15 is 0 Å². The second kappa shape index (κ2) is 20.9. The molecule has 1 saturated heterocycles. The molecule has 0 bridgehead atoms. The summed E-state index contributed by atoms with van der Waals surface area (Å²) in [6.45, 7) is 25.5. The van der Waals surface area contributed by atoms with Gasteiger partial charge in [-0.25, -0.2) is 4.39 Å². The van der Waals surface area contributed by atoms with Gasteiger partial charge in [0.15, 0.2) is 5.78 Å². The van der Waals surface area contributed by atoms with Crippen LogP contribution in [0.1, 0.15) is 93.7 Å². The average Bonchev–Trinajstić information content (AvgIpc) is 3.14. The highest BCUT2D eigenvalue weighted by molar-refractivity contribution is 5.92. The van der Waals surface area contributed by atoms with E-state index in [1.165, 1.54) is 19.0 Å². The molecule has 0 aliphatic carbocycles. The quantitative estimate of drug-likeness (QED) is 0.280. The van der Waals surface area contributed by atoms with Gasteiger partial charge in [-0.2, -0.15) is 13.2 Å². The minimum Gasteiger partial charge on any atom is -0.383 e. The molecule has 2 N–H and O–H groups in total. The topological polar surface area (TPSA) is 49.6 Å². The third-order valence-corrected chi connectivity index (χ3v) is 5.93.